The molecule has 0 amide bonds. The quantitative estimate of drug-likeness (QED) is 0.322. The van der Waals surface area contributed by atoms with Gasteiger partial charge in [-0.2, -0.15) is 13.2 Å². The number of aliphatic carboxylic acids is 1. The zero-order valence-electron chi connectivity index (χ0n) is 17.3. The van der Waals surface area contributed by atoms with Crippen molar-refractivity contribution in [2.45, 2.75) is 43.2 Å². The number of rotatable bonds is 7. The molecule has 0 aliphatic rings. The van der Waals surface area contributed by atoms with Crippen molar-refractivity contribution in [2.24, 2.45) is 0 Å². The van der Waals surface area contributed by atoms with E-state index in [-0.39, 0.29) is 11.5 Å². The summed E-state index contributed by atoms with van der Waals surface area (Å²) in [5.41, 5.74) is -2.13. The minimum Gasteiger partial charge on any atom is -0.478 e. The first kappa shape index (κ1) is 23.6. The van der Waals surface area contributed by atoms with Crippen LogP contribution in [-0.4, -0.2) is 21.7 Å². The number of thioether (sulfide) groups is 1. The maximum atomic E-state index is 13.9. The van der Waals surface area contributed by atoms with Crippen LogP contribution in [0.2, 0.25) is 0 Å². The van der Waals surface area contributed by atoms with E-state index in [0.29, 0.717) is 29.0 Å². The molecule has 2 aromatic carbocycles. The molecule has 0 bridgehead atoms. The molecule has 0 unspecified atom stereocenters. The maximum Gasteiger partial charge on any atom is 0.419 e. The van der Waals surface area contributed by atoms with Crippen LogP contribution in [0, 0.1) is 12.7 Å². The van der Waals surface area contributed by atoms with Gasteiger partial charge in [0.05, 0.1) is 17.0 Å². The minimum absolute atomic E-state index is 0.0195. The predicted octanol–water partition coefficient (Wildman–Crippen LogP) is 6.34. The molecule has 3 aromatic rings. The van der Waals surface area contributed by atoms with E-state index in [9.17, 15) is 27.5 Å². The van der Waals surface area contributed by atoms with Crippen LogP contribution >= 0.6 is 11.8 Å². The van der Waals surface area contributed by atoms with E-state index < -0.39 is 29.1 Å². The Hall–Kier alpha value is -3.01. The highest BCUT2D eigenvalue weighted by Gasteiger charge is 2.34. The lowest BCUT2D eigenvalue weighted by Crippen LogP contribution is -2.37. The summed E-state index contributed by atoms with van der Waals surface area (Å²) in [6, 6.07) is 9.37. The second-order valence-electron chi connectivity index (χ2n) is 7.40. The van der Waals surface area contributed by atoms with E-state index in [4.69, 9.17) is 9.15 Å². The topological polar surface area (TPSA) is 72.6 Å². The largest absolute Gasteiger partial charge is 0.478 e. The SMILES string of the molecule is Cc1nc(-c2ccc(C(F)(F)F)c(F)c2)oc1CSc1cccc(OC(C)(C)C(=O)O)c1. The third-order valence-corrected chi connectivity index (χ3v) is 5.47. The second kappa shape index (κ2) is 8.85. The molecule has 0 saturated heterocycles. The smallest absolute Gasteiger partial charge is 0.419 e. The fourth-order valence-electron chi connectivity index (χ4n) is 2.68. The Balaban J connectivity index is 1.74. The van der Waals surface area contributed by atoms with Crippen molar-refractivity contribution in [1.82, 2.24) is 4.98 Å². The summed E-state index contributed by atoms with van der Waals surface area (Å²) >= 11 is 1.37. The molecular formula is C22H19F4NO4S. The Morgan fingerprint density at radius 1 is 1.19 bits per heavy atom. The average molecular weight is 469 g/mol. The number of hydrogen-bond donors (Lipinski definition) is 1. The number of hydrogen-bond acceptors (Lipinski definition) is 5. The first-order valence-electron chi connectivity index (χ1n) is 9.35. The number of carboxylic acids is 1. The molecule has 32 heavy (non-hydrogen) atoms. The van der Waals surface area contributed by atoms with Crippen LogP contribution in [0.5, 0.6) is 5.75 Å². The Kier molecular flexibility index (Phi) is 6.54. The number of alkyl halides is 3. The predicted molar refractivity (Wildman–Crippen MR) is 110 cm³/mol. The van der Waals surface area contributed by atoms with E-state index in [1.807, 2.05) is 6.07 Å². The zero-order valence-corrected chi connectivity index (χ0v) is 18.1. The Morgan fingerprint density at radius 2 is 1.91 bits per heavy atom. The van der Waals surface area contributed by atoms with E-state index >= 15 is 0 Å². The summed E-state index contributed by atoms with van der Waals surface area (Å²) in [4.78, 5) is 16.2. The van der Waals surface area contributed by atoms with Crippen LogP contribution in [0.3, 0.4) is 0 Å². The van der Waals surface area contributed by atoms with Gasteiger partial charge in [-0.25, -0.2) is 14.2 Å². The molecular weight excluding hydrogens is 450 g/mol. The molecule has 5 nitrogen and oxygen atoms in total. The molecule has 0 aliphatic carbocycles. The van der Waals surface area contributed by atoms with Crippen molar-refractivity contribution in [2.75, 3.05) is 0 Å². The number of ether oxygens (including phenoxy) is 1. The molecule has 170 valence electrons. The lowest BCUT2D eigenvalue weighted by Gasteiger charge is -2.21. The Bertz CT molecular complexity index is 1140. The van der Waals surface area contributed by atoms with Crippen molar-refractivity contribution in [1.29, 1.82) is 0 Å². The van der Waals surface area contributed by atoms with Gasteiger partial charge >= 0.3 is 12.1 Å². The third kappa shape index (κ3) is 5.42. The van der Waals surface area contributed by atoms with Crippen LogP contribution in [-0.2, 0) is 16.7 Å². The van der Waals surface area contributed by atoms with Crippen molar-refractivity contribution in [3.8, 4) is 17.2 Å². The van der Waals surface area contributed by atoms with Gasteiger partial charge in [0.15, 0.2) is 5.60 Å². The van der Waals surface area contributed by atoms with E-state index in [1.165, 1.54) is 25.6 Å². The van der Waals surface area contributed by atoms with Crippen LogP contribution in [0.15, 0.2) is 51.8 Å². The normalized spacial score (nSPS) is 12.1. The lowest BCUT2D eigenvalue weighted by atomic mass is 10.1. The van der Waals surface area contributed by atoms with E-state index in [1.54, 1.807) is 25.1 Å². The van der Waals surface area contributed by atoms with Gasteiger partial charge in [0.2, 0.25) is 5.89 Å². The standard InChI is InChI=1S/C22H19F4NO4S/c1-12-18(11-32-15-6-4-5-14(10-15)31-21(2,3)20(28)29)30-19(27-12)13-7-8-16(17(23)9-13)22(24,25)26/h4-10H,11H2,1-3H3,(H,28,29). The maximum absolute atomic E-state index is 13.9. The summed E-state index contributed by atoms with van der Waals surface area (Å²) < 4.78 is 63.3. The summed E-state index contributed by atoms with van der Waals surface area (Å²) in [6.07, 6.45) is -4.78. The van der Waals surface area contributed by atoms with Gasteiger partial charge in [0.25, 0.3) is 0 Å². The zero-order chi connectivity index (χ0) is 23.7. The minimum atomic E-state index is -4.78. The fraction of sp³-hybridized carbons (Fsp3) is 0.273. The first-order chi connectivity index (χ1) is 14.9. The Labute approximate surface area is 185 Å². The van der Waals surface area contributed by atoms with Crippen molar-refractivity contribution in [3.63, 3.8) is 0 Å². The number of aryl methyl sites for hydroxylation is 1. The van der Waals surface area contributed by atoms with Gasteiger partial charge in [0, 0.05) is 10.5 Å². The number of benzene rings is 2. The molecule has 3 rings (SSSR count). The highest BCUT2D eigenvalue weighted by Crippen LogP contribution is 2.35. The molecule has 0 atom stereocenters. The van der Waals surface area contributed by atoms with Crippen LogP contribution in [0.4, 0.5) is 17.6 Å². The van der Waals surface area contributed by atoms with Crippen molar-refractivity contribution in [3.05, 3.63) is 65.3 Å². The average Bonchev–Trinajstić information content (AvgIpc) is 3.06. The first-order valence-corrected chi connectivity index (χ1v) is 10.3. The number of carbonyl (C=O) groups is 1. The second-order valence-corrected chi connectivity index (χ2v) is 8.45. The summed E-state index contributed by atoms with van der Waals surface area (Å²) in [6.45, 7) is 4.57. The number of nitrogens with zero attached hydrogens (tertiary/aromatic N) is 1. The third-order valence-electron chi connectivity index (χ3n) is 4.48. The van der Waals surface area contributed by atoms with Gasteiger partial charge in [-0.05, 0) is 57.2 Å². The highest BCUT2D eigenvalue weighted by atomic mass is 32.2. The number of carboxylic acid groups (broad SMARTS) is 1. The molecule has 0 spiro atoms. The molecule has 10 heteroatoms. The molecule has 0 aliphatic heterocycles. The fourth-order valence-corrected chi connectivity index (χ4v) is 3.62. The van der Waals surface area contributed by atoms with E-state index in [2.05, 4.69) is 4.98 Å². The van der Waals surface area contributed by atoms with Crippen molar-refractivity contribution < 1.29 is 36.6 Å². The monoisotopic (exact) mass is 469 g/mol. The summed E-state index contributed by atoms with van der Waals surface area (Å²) in [5.74, 6) is -1.28. The van der Waals surface area contributed by atoms with Gasteiger partial charge in [0.1, 0.15) is 17.3 Å². The van der Waals surface area contributed by atoms with Crippen LogP contribution in [0.1, 0.15) is 30.9 Å². The van der Waals surface area contributed by atoms with E-state index in [0.717, 1.165) is 17.0 Å². The number of halogens is 4. The Morgan fingerprint density at radius 3 is 2.53 bits per heavy atom. The molecule has 0 saturated carbocycles. The van der Waals surface area contributed by atoms with Gasteiger partial charge < -0.3 is 14.3 Å². The van der Waals surface area contributed by atoms with Crippen LogP contribution < -0.4 is 4.74 Å². The summed E-state index contributed by atoms with van der Waals surface area (Å²) in [5, 5.41) is 9.19. The van der Waals surface area contributed by atoms with Crippen molar-refractivity contribution >= 4 is 17.7 Å². The van der Waals surface area contributed by atoms with Gasteiger partial charge in [-0.3, -0.25) is 0 Å². The molecule has 1 heterocycles. The van der Waals surface area contributed by atoms with Crippen LogP contribution in [0.25, 0.3) is 11.5 Å². The highest BCUT2D eigenvalue weighted by molar-refractivity contribution is 7.98. The molecule has 0 radical (unpaired) electrons. The molecule has 1 N–H and O–H groups in total. The lowest BCUT2D eigenvalue weighted by molar-refractivity contribution is -0.152. The number of aromatic nitrogens is 1. The number of oxazole rings is 1. The van der Waals surface area contributed by atoms with Gasteiger partial charge in [-0.1, -0.05) is 6.07 Å². The molecule has 1 aromatic heterocycles. The van der Waals surface area contributed by atoms with Gasteiger partial charge in [-0.15, -0.1) is 11.8 Å². The molecule has 0 fully saturated rings. The summed E-state index contributed by atoms with van der Waals surface area (Å²) in [7, 11) is 0.